The van der Waals surface area contributed by atoms with Gasteiger partial charge in [0.05, 0.1) is 5.60 Å². The molecular weight excluding hydrogens is 195 g/mol. The lowest BCUT2D eigenvalue weighted by molar-refractivity contribution is 0.0756. The number of benzene rings is 1. The molecule has 0 atom stereocenters. The monoisotopic (exact) mass is 208 g/mol. The van der Waals surface area contributed by atoms with Crippen molar-refractivity contribution < 1.29 is 13.9 Å². The van der Waals surface area contributed by atoms with E-state index < -0.39 is 5.60 Å². The van der Waals surface area contributed by atoms with Gasteiger partial charge in [-0.25, -0.2) is 4.39 Å². The van der Waals surface area contributed by atoms with E-state index in [0.29, 0.717) is 12.2 Å². The average Bonchev–Trinajstić information content (AvgIpc) is 2.45. The molecule has 0 aliphatic carbocycles. The first kappa shape index (κ1) is 10.2. The van der Waals surface area contributed by atoms with Crippen LogP contribution in [0.15, 0.2) is 28.7 Å². The van der Waals surface area contributed by atoms with Crippen molar-refractivity contribution in [1.82, 2.24) is 0 Å². The summed E-state index contributed by atoms with van der Waals surface area (Å²) in [7, 11) is 0. The quantitative estimate of drug-likeness (QED) is 0.823. The van der Waals surface area contributed by atoms with Crippen molar-refractivity contribution in [3.05, 3.63) is 35.8 Å². The molecule has 0 unspecified atom stereocenters. The van der Waals surface area contributed by atoms with Gasteiger partial charge in [0.25, 0.3) is 0 Å². The van der Waals surface area contributed by atoms with Gasteiger partial charge in [0.1, 0.15) is 5.76 Å². The van der Waals surface area contributed by atoms with Gasteiger partial charge < -0.3 is 9.52 Å². The number of hydrogen-bond donors (Lipinski definition) is 1. The third kappa shape index (κ3) is 2.18. The lowest BCUT2D eigenvalue weighted by Crippen LogP contribution is -2.21. The molecule has 2 rings (SSSR count). The summed E-state index contributed by atoms with van der Waals surface area (Å²) >= 11 is 0. The van der Waals surface area contributed by atoms with E-state index >= 15 is 0 Å². The molecule has 0 spiro atoms. The second-order valence-corrected chi connectivity index (χ2v) is 4.36. The molecule has 80 valence electrons. The summed E-state index contributed by atoms with van der Waals surface area (Å²) in [6.07, 6.45) is 0.376. The van der Waals surface area contributed by atoms with Gasteiger partial charge >= 0.3 is 0 Å². The molecule has 1 aromatic heterocycles. The third-order valence-electron chi connectivity index (χ3n) is 2.15. The smallest absolute Gasteiger partial charge is 0.169 e. The highest BCUT2D eigenvalue weighted by Crippen LogP contribution is 2.24. The Morgan fingerprint density at radius 3 is 2.73 bits per heavy atom. The summed E-state index contributed by atoms with van der Waals surface area (Å²) in [5.41, 5.74) is -0.582. The van der Waals surface area contributed by atoms with Crippen LogP contribution in [0.4, 0.5) is 4.39 Å². The van der Waals surface area contributed by atoms with Gasteiger partial charge in [0.2, 0.25) is 0 Å². The molecule has 0 aliphatic heterocycles. The third-order valence-corrected chi connectivity index (χ3v) is 2.15. The van der Waals surface area contributed by atoms with Crippen molar-refractivity contribution in [3.63, 3.8) is 0 Å². The minimum atomic E-state index is -0.843. The van der Waals surface area contributed by atoms with E-state index in [-0.39, 0.29) is 11.4 Å². The van der Waals surface area contributed by atoms with E-state index in [1.165, 1.54) is 6.07 Å². The SMILES string of the molecule is CC(C)(O)Cc1cc2cccc(F)c2o1. The van der Waals surface area contributed by atoms with Crippen LogP contribution in [0.1, 0.15) is 19.6 Å². The maximum absolute atomic E-state index is 13.3. The van der Waals surface area contributed by atoms with Gasteiger partial charge in [-0.15, -0.1) is 0 Å². The Balaban J connectivity index is 2.44. The topological polar surface area (TPSA) is 33.4 Å². The van der Waals surface area contributed by atoms with E-state index in [2.05, 4.69) is 0 Å². The van der Waals surface area contributed by atoms with Crippen LogP contribution >= 0.6 is 0 Å². The number of hydrogen-bond acceptors (Lipinski definition) is 2. The fourth-order valence-electron chi connectivity index (χ4n) is 1.59. The van der Waals surface area contributed by atoms with Gasteiger partial charge in [0, 0.05) is 11.8 Å². The minimum absolute atomic E-state index is 0.261. The number of halogens is 1. The molecule has 15 heavy (non-hydrogen) atoms. The molecular formula is C12H13FO2. The van der Waals surface area contributed by atoms with Gasteiger partial charge in [-0.2, -0.15) is 0 Å². The molecule has 1 aromatic carbocycles. The molecule has 1 N–H and O–H groups in total. The number of fused-ring (bicyclic) bond motifs is 1. The molecule has 2 aromatic rings. The first-order valence-electron chi connectivity index (χ1n) is 4.85. The lowest BCUT2D eigenvalue weighted by atomic mass is 10.0. The van der Waals surface area contributed by atoms with Gasteiger partial charge in [-0.05, 0) is 26.0 Å². The van der Waals surface area contributed by atoms with Crippen molar-refractivity contribution in [2.45, 2.75) is 25.9 Å². The molecule has 2 nitrogen and oxygen atoms in total. The Labute approximate surface area is 87.3 Å². The van der Waals surface area contributed by atoms with Crippen molar-refractivity contribution in [3.8, 4) is 0 Å². The highest BCUT2D eigenvalue weighted by Gasteiger charge is 2.17. The average molecular weight is 208 g/mol. The van der Waals surface area contributed by atoms with Gasteiger partial charge in [-0.1, -0.05) is 12.1 Å². The normalized spacial score (nSPS) is 12.3. The maximum Gasteiger partial charge on any atom is 0.169 e. The summed E-state index contributed by atoms with van der Waals surface area (Å²) in [4.78, 5) is 0. The van der Waals surface area contributed by atoms with Crippen molar-refractivity contribution >= 4 is 11.0 Å². The first-order chi connectivity index (χ1) is 6.96. The van der Waals surface area contributed by atoms with E-state index in [1.807, 2.05) is 0 Å². The number of aliphatic hydroxyl groups is 1. The molecule has 0 bridgehead atoms. The highest BCUT2D eigenvalue weighted by molar-refractivity contribution is 5.78. The standard InChI is InChI=1S/C12H13FO2/c1-12(2,14)7-9-6-8-4-3-5-10(13)11(8)15-9/h3-6,14H,7H2,1-2H3. The number of furan rings is 1. The van der Waals surface area contributed by atoms with Crippen molar-refractivity contribution in [2.75, 3.05) is 0 Å². The summed E-state index contributed by atoms with van der Waals surface area (Å²) < 4.78 is 18.6. The zero-order valence-corrected chi connectivity index (χ0v) is 8.75. The molecule has 0 fully saturated rings. The Morgan fingerprint density at radius 2 is 2.13 bits per heavy atom. The Hall–Kier alpha value is -1.35. The first-order valence-corrected chi connectivity index (χ1v) is 4.85. The van der Waals surface area contributed by atoms with Crippen LogP contribution in [0.3, 0.4) is 0 Å². The fourth-order valence-corrected chi connectivity index (χ4v) is 1.59. The van der Waals surface area contributed by atoms with Gasteiger partial charge in [0.15, 0.2) is 11.4 Å². The van der Waals surface area contributed by atoms with E-state index in [9.17, 15) is 9.50 Å². The Morgan fingerprint density at radius 1 is 1.40 bits per heavy atom. The summed E-state index contributed by atoms with van der Waals surface area (Å²) in [5.74, 6) is 0.233. The molecule has 0 saturated carbocycles. The van der Waals surface area contributed by atoms with Crippen molar-refractivity contribution in [1.29, 1.82) is 0 Å². The van der Waals surface area contributed by atoms with Crippen LogP contribution < -0.4 is 0 Å². The molecule has 0 amide bonds. The molecule has 0 radical (unpaired) electrons. The van der Waals surface area contributed by atoms with Crippen LogP contribution in [0.5, 0.6) is 0 Å². The van der Waals surface area contributed by atoms with Crippen LogP contribution in [0.25, 0.3) is 11.0 Å². The summed E-state index contributed by atoms with van der Waals surface area (Å²) in [5, 5.41) is 10.3. The number of para-hydroxylation sites is 1. The van der Waals surface area contributed by atoms with E-state index in [1.54, 1.807) is 32.0 Å². The maximum atomic E-state index is 13.3. The Kier molecular flexibility index (Phi) is 2.27. The zero-order chi connectivity index (χ0) is 11.1. The van der Waals surface area contributed by atoms with Crippen molar-refractivity contribution in [2.24, 2.45) is 0 Å². The van der Waals surface area contributed by atoms with Crippen LogP contribution in [0.2, 0.25) is 0 Å². The molecule has 1 heterocycles. The van der Waals surface area contributed by atoms with Gasteiger partial charge in [-0.3, -0.25) is 0 Å². The summed E-state index contributed by atoms with van der Waals surface area (Å²) in [6.45, 7) is 3.38. The highest BCUT2D eigenvalue weighted by atomic mass is 19.1. The predicted molar refractivity (Wildman–Crippen MR) is 56.2 cm³/mol. The fraction of sp³-hybridized carbons (Fsp3) is 0.333. The van der Waals surface area contributed by atoms with Crippen LogP contribution in [-0.2, 0) is 6.42 Å². The zero-order valence-electron chi connectivity index (χ0n) is 8.75. The molecule has 0 saturated heterocycles. The summed E-state index contributed by atoms with van der Waals surface area (Å²) in [6, 6.07) is 6.55. The Bertz CT molecular complexity index is 480. The second kappa shape index (κ2) is 3.35. The van der Waals surface area contributed by atoms with E-state index in [4.69, 9.17) is 4.42 Å². The largest absolute Gasteiger partial charge is 0.458 e. The lowest BCUT2D eigenvalue weighted by Gasteiger charge is -2.14. The minimum Gasteiger partial charge on any atom is -0.458 e. The molecule has 0 aliphatic rings. The number of rotatable bonds is 2. The van der Waals surface area contributed by atoms with E-state index in [0.717, 1.165) is 5.39 Å². The van der Waals surface area contributed by atoms with Crippen LogP contribution in [-0.4, -0.2) is 10.7 Å². The second-order valence-electron chi connectivity index (χ2n) is 4.36. The predicted octanol–water partition coefficient (Wildman–Crippen LogP) is 2.89. The molecule has 3 heteroatoms. The van der Waals surface area contributed by atoms with Crippen LogP contribution in [0, 0.1) is 5.82 Å².